The zero-order chi connectivity index (χ0) is 12.6. The van der Waals surface area contributed by atoms with Crippen molar-refractivity contribution in [3.8, 4) is 6.07 Å². The first-order chi connectivity index (χ1) is 8.75. The standard InChI is InChI=1S/C15H16N2O/c16-11-15(9-12(18)10-15)13-5-1-2-6-14(13)17-7-3-4-8-17/h1-2,5-6H,3-4,7-10H2. The molecule has 1 aliphatic heterocycles. The fraction of sp³-hybridized carbons (Fsp3) is 0.467. The van der Waals surface area contributed by atoms with E-state index in [0.29, 0.717) is 12.8 Å². The zero-order valence-electron chi connectivity index (χ0n) is 10.4. The summed E-state index contributed by atoms with van der Waals surface area (Å²) in [5.41, 5.74) is 1.65. The molecule has 3 heteroatoms. The molecule has 0 amide bonds. The van der Waals surface area contributed by atoms with Gasteiger partial charge < -0.3 is 4.90 Å². The van der Waals surface area contributed by atoms with Gasteiger partial charge >= 0.3 is 0 Å². The van der Waals surface area contributed by atoms with E-state index in [1.54, 1.807) is 0 Å². The van der Waals surface area contributed by atoms with E-state index < -0.39 is 5.41 Å². The van der Waals surface area contributed by atoms with Crippen LogP contribution in [0.3, 0.4) is 0 Å². The van der Waals surface area contributed by atoms with Crippen molar-refractivity contribution in [1.29, 1.82) is 5.26 Å². The number of nitriles is 1. The number of carbonyl (C=O) groups is 1. The molecule has 1 saturated carbocycles. The first-order valence-electron chi connectivity index (χ1n) is 6.53. The minimum absolute atomic E-state index is 0.202. The number of Topliss-reactive ketones (excluding diaryl/α,β-unsaturated/α-hetero) is 1. The summed E-state index contributed by atoms with van der Waals surface area (Å²) in [5, 5.41) is 9.45. The van der Waals surface area contributed by atoms with E-state index in [9.17, 15) is 10.1 Å². The molecular formula is C15H16N2O. The van der Waals surface area contributed by atoms with Crippen LogP contribution in [0.15, 0.2) is 24.3 Å². The average Bonchev–Trinajstić information content (AvgIpc) is 2.88. The first-order valence-corrected chi connectivity index (χ1v) is 6.53. The molecule has 18 heavy (non-hydrogen) atoms. The summed E-state index contributed by atoms with van der Waals surface area (Å²) in [6.07, 6.45) is 3.20. The molecule has 1 aromatic carbocycles. The number of anilines is 1. The molecule has 3 rings (SSSR count). The smallest absolute Gasteiger partial charge is 0.136 e. The lowest BCUT2D eigenvalue weighted by Gasteiger charge is -2.37. The fourth-order valence-corrected chi connectivity index (χ4v) is 3.06. The second-order valence-corrected chi connectivity index (χ2v) is 5.30. The maximum atomic E-state index is 11.3. The third-order valence-corrected chi connectivity index (χ3v) is 4.08. The predicted molar refractivity (Wildman–Crippen MR) is 69.4 cm³/mol. The molecular weight excluding hydrogens is 224 g/mol. The van der Waals surface area contributed by atoms with Gasteiger partial charge in [-0.25, -0.2) is 0 Å². The number of rotatable bonds is 2. The number of nitrogens with zero attached hydrogens (tertiary/aromatic N) is 2. The summed E-state index contributed by atoms with van der Waals surface area (Å²) < 4.78 is 0. The summed E-state index contributed by atoms with van der Waals surface area (Å²) in [6, 6.07) is 10.5. The number of carbonyl (C=O) groups excluding carboxylic acids is 1. The molecule has 2 fully saturated rings. The van der Waals surface area contributed by atoms with Crippen molar-refractivity contribution in [2.75, 3.05) is 18.0 Å². The Morgan fingerprint density at radius 1 is 1.17 bits per heavy atom. The highest BCUT2D eigenvalue weighted by Gasteiger charge is 2.47. The summed E-state index contributed by atoms with van der Waals surface area (Å²) in [6.45, 7) is 2.12. The average molecular weight is 240 g/mol. The van der Waals surface area contributed by atoms with Gasteiger partial charge in [0.15, 0.2) is 0 Å². The Morgan fingerprint density at radius 3 is 2.44 bits per heavy atom. The van der Waals surface area contributed by atoms with E-state index in [4.69, 9.17) is 0 Å². The van der Waals surface area contributed by atoms with Crippen molar-refractivity contribution in [3.63, 3.8) is 0 Å². The molecule has 0 atom stereocenters. The van der Waals surface area contributed by atoms with Crippen LogP contribution in [0.4, 0.5) is 5.69 Å². The Hall–Kier alpha value is -1.82. The van der Waals surface area contributed by atoms with E-state index in [2.05, 4.69) is 17.0 Å². The number of hydrogen-bond acceptors (Lipinski definition) is 3. The Labute approximate surface area is 107 Å². The zero-order valence-corrected chi connectivity index (χ0v) is 10.4. The number of para-hydroxylation sites is 1. The molecule has 1 heterocycles. The lowest BCUT2D eigenvalue weighted by molar-refractivity contribution is -0.126. The molecule has 3 nitrogen and oxygen atoms in total. The summed E-state index contributed by atoms with van der Waals surface area (Å²) >= 11 is 0. The summed E-state index contributed by atoms with van der Waals surface area (Å²) in [4.78, 5) is 13.7. The topological polar surface area (TPSA) is 44.1 Å². The Kier molecular flexibility index (Phi) is 2.59. The first kappa shape index (κ1) is 11.3. The van der Waals surface area contributed by atoms with E-state index in [0.717, 1.165) is 24.3 Å². The van der Waals surface area contributed by atoms with Crippen LogP contribution in [0.25, 0.3) is 0 Å². The highest BCUT2D eigenvalue weighted by Crippen LogP contribution is 2.45. The minimum Gasteiger partial charge on any atom is -0.371 e. The molecule has 0 N–H and O–H groups in total. The minimum atomic E-state index is -0.559. The van der Waals surface area contributed by atoms with Crippen molar-refractivity contribution in [1.82, 2.24) is 0 Å². The number of hydrogen-bond donors (Lipinski definition) is 0. The Morgan fingerprint density at radius 2 is 1.83 bits per heavy atom. The van der Waals surface area contributed by atoms with Crippen LogP contribution < -0.4 is 4.90 Å². The van der Waals surface area contributed by atoms with Gasteiger partial charge in [-0.05, 0) is 24.5 Å². The quantitative estimate of drug-likeness (QED) is 0.797. The third-order valence-electron chi connectivity index (χ3n) is 4.08. The highest BCUT2D eigenvalue weighted by molar-refractivity contribution is 5.91. The largest absolute Gasteiger partial charge is 0.371 e. The van der Waals surface area contributed by atoms with Gasteiger partial charge in [-0.2, -0.15) is 5.26 Å². The molecule has 1 saturated heterocycles. The molecule has 0 bridgehead atoms. The summed E-state index contributed by atoms with van der Waals surface area (Å²) in [5.74, 6) is 0.202. The fourth-order valence-electron chi connectivity index (χ4n) is 3.06. The van der Waals surface area contributed by atoms with Gasteiger partial charge in [0, 0.05) is 31.6 Å². The Bertz CT molecular complexity index is 516. The van der Waals surface area contributed by atoms with Crippen molar-refractivity contribution in [2.24, 2.45) is 0 Å². The second kappa shape index (κ2) is 4.13. The van der Waals surface area contributed by atoms with E-state index >= 15 is 0 Å². The van der Waals surface area contributed by atoms with Crippen LogP contribution in [0.2, 0.25) is 0 Å². The highest BCUT2D eigenvalue weighted by atomic mass is 16.1. The molecule has 0 spiro atoms. The molecule has 92 valence electrons. The lowest BCUT2D eigenvalue weighted by Crippen LogP contribution is -2.41. The van der Waals surface area contributed by atoms with Crippen molar-refractivity contribution >= 4 is 11.5 Å². The molecule has 0 unspecified atom stereocenters. The van der Waals surface area contributed by atoms with Crippen LogP contribution in [0.5, 0.6) is 0 Å². The van der Waals surface area contributed by atoms with E-state index in [-0.39, 0.29) is 5.78 Å². The molecule has 0 radical (unpaired) electrons. The summed E-state index contributed by atoms with van der Waals surface area (Å²) in [7, 11) is 0. The van der Waals surface area contributed by atoms with Crippen molar-refractivity contribution in [3.05, 3.63) is 29.8 Å². The van der Waals surface area contributed by atoms with Crippen LogP contribution in [0, 0.1) is 11.3 Å². The monoisotopic (exact) mass is 240 g/mol. The lowest BCUT2D eigenvalue weighted by atomic mass is 9.64. The SMILES string of the molecule is N#CC1(c2ccccc2N2CCCC2)CC(=O)C1. The number of ketones is 1. The van der Waals surface area contributed by atoms with Crippen LogP contribution in [0.1, 0.15) is 31.2 Å². The second-order valence-electron chi connectivity index (χ2n) is 5.30. The normalized spacial score (nSPS) is 21.5. The van der Waals surface area contributed by atoms with Crippen molar-refractivity contribution in [2.45, 2.75) is 31.1 Å². The van der Waals surface area contributed by atoms with Crippen LogP contribution in [-0.4, -0.2) is 18.9 Å². The maximum absolute atomic E-state index is 11.3. The van der Waals surface area contributed by atoms with Gasteiger partial charge in [0.25, 0.3) is 0 Å². The molecule has 1 aliphatic carbocycles. The Balaban J connectivity index is 2.01. The van der Waals surface area contributed by atoms with E-state index in [1.165, 1.54) is 12.8 Å². The van der Waals surface area contributed by atoms with E-state index in [1.807, 2.05) is 18.2 Å². The van der Waals surface area contributed by atoms with Gasteiger partial charge in [0.1, 0.15) is 5.78 Å². The molecule has 0 aromatic heterocycles. The predicted octanol–water partition coefficient (Wildman–Crippen LogP) is 2.41. The molecule has 2 aliphatic rings. The van der Waals surface area contributed by atoms with Gasteiger partial charge in [-0.1, -0.05) is 18.2 Å². The van der Waals surface area contributed by atoms with Crippen LogP contribution >= 0.6 is 0 Å². The van der Waals surface area contributed by atoms with Gasteiger partial charge in [-0.15, -0.1) is 0 Å². The number of benzene rings is 1. The van der Waals surface area contributed by atoms with Gasteiger partial charge in [-0.3, -0.25) is 4.79 Å². The van der Waals surface area contributed by atoms with Crippen LogP contribution in [-0.2, 0) is 10.2 Å². The van der Waals surface area contributed by atoms with Gasteiger partial charge in [0.05, 0.1) is 11.5 Å². The molecule has 1 aromatic rings. The third kappa shape index (κ3) is 1.60. The van der Waals surface area contributed by atoms with Gasteiger partial charge in [0.2, 0.25) is 0 Å². The van der Waals surface area contributed by atoms with Crippen molar-refractivity contribution < 1.29 is 4.79 Å². The maximum Gasteiger partial charge on any atom is 0.136 e.